The van der Waals surface area contributed by atoms with Gasteiger partial charge in [-0.15, -0.1) is 0 Å². The number of nitrogens with one attached hydrogen (secondary N) is 1. The highest BCUT2D eigenvalue weighted by atomic mass is 16.6. The van der Waals surface area contributed by atoms with Crippen molar-refractivity contribution in [3.05, 3.63) is 78.4 Å². The third-order valence-electron chi connectivity index (χ3n) is 5.76. The van der Waals surface area contributed by atoms with Crippen LogP contribution in [-0.2, 0) is 4.74 Å². The fourth-order valence-electron chi connectivity index (χ4n) is 3.92. The van der Waals surface area contributed by atoms with Crippen molar-refractivity contribution >= 4 is 34.3 Å². The summed E-state index contributed by atoms with van der Waals surface area (Å²) in [6.07, 6.45) is -0.475. The molecule has 0 aliphatic carbocycles. The fourth-order valence-corrected chi connectivity index (χ4v) is 3.92. The van der Waals surface area contributed by atoms with Gasteiger partial charge in [0.1, 0.15) is 13.2 Å². The van der Waals surface area contributed by atoms with Crippen LogP contribution in [0.25, 0.3) is 22.2 Å². The average Bonchev–Trinajstić information content (AvgIpc) is 2.91. The molecule has 0 unspecified atom stereocenters. The van der Waals surface area contributed by atoms with Crippen molar-refractivity contribution in [3.63, 3.8) is 0 Å². The maximum absolute atomic E-state index is 13.3. The number of ether oxygens (including phenoxy) is 3. The lowest BCUT2D eigenvalue weighted by Gasteiger charge is -2.19. The number of hydrogen-bond donors (Lipinski definition) is 1. The zero-order valence-electron chi connectivity index (χ0n) is 19.3. The van der Waals surface area contributed by atoms with Gasteiger partial charge >= 0.3 is 6.09 Å². The first-order valence-corrected chi connectivity index (χ1v) is 11.1. The lowest BCUT2D eigenvalue weighted by Crippen LogP contribution is -2.25. The minimum Gasteiger partial charge on any atom is -0.486 e. The van der Waals surface area contributed by atoms with Crippen LogP contribution in [0.3, 0.4) is 0 Å². The van der Waals surface area contributed by atoms with Gasteiger partial charge in [0.05, 0.1) is 23.9 Å². The van der Waals surface area contributed by atoms with E-state index < -0.39 is 6.09 Å². The third-order valence-corrected chi connectivity index (χ3v) is 5.76. The van der Waals surface area contributed by atoms with E-state index in [9.17, 15) is 9.59 Å². The number of amides is 2. The van der Waals surface area contributed by atoms with E-state index in [4.69, 9.17) is 19.2 Å². The van der Waals surface area contributed by atoms with E-state index in [2.05, 4.69) is 5.32 Å². The van der Waals surface area contributed by atoms with E-state index in [-0.39, 0.29) is 5.91 Å². The van der Waals surface area contributed by atoms with Crippen LogP contribution in [0.1, 0.15) is 10.4 Å². The number of carbonyl (C=O) groups is 2. The van der Waals surface area contributed by atoms with Gasteiger partial charge in [0.25, 0.3) is 5.91 Å². The number of methoxy groups -OCH3 is 1. The molecule has 176 valence electrons. The number of anilines is 2. The monoisotopic (exact) mass is 469 g/mol. The number of pyridine rings is 1. The number of nitrogens with zero attached hydrogens (tertiary/aromatic N) is 2. The smallest absolute Gasteiger partial charge is 0.413 e. The Balaban J connectivity index is 1.47. The molecule has 2 amide bonds. The van der Waals surface area contributed by atoms with Crippen LogP contribution in [0.5, 0.6) is 11.5 Å². The van der Waals surface area contributed by atoms with E-state index in [1.54, 1.807) is 37.4 Å². The molecule has 1 aromatic heterocycles. The molecule has 8 nitrogen and oxygen atoms in total. The molecular formula is C27H23N3O5. The Morgan fingerprint density at radius 2 is 1.69 bits per heavy atom. The maximum atomic E-state index is 13.3. The SMILES string of the molecule is COC(=O)N(C)c1ccc(NC(=O)c2cc(-c3ccc4c(c3)OCCO4)nc3ccccc23)cc1. The molecule has 35 heavy (non-hydrogen) atoms. The highest BCUT2D eigenvalue weighted by molar-refractivity contribution is 6.13. The zero-order chi connectivity index (χ0) is 24.4. The van der Waals surface area contributed by atoms with Crippen molar-refractivity contribution in [2.24, 2.45) is 0 Å². The Bertz CT molecular complexity index is 1420. The van der Waals surface area contributed by atoms with Crippen LogP contribution >= 0.6 is 0 Å². The molecule has 0 atom stereocenters. The van der Waals surface area contributed by atoms with Crippen molar-refractivity contribution in [1.29, 1.82) is 0 Å². The molecule has 1 aliphatic rings. The predicted molar refractivity (Wildman–Crippen MR) is 133 cm³/mol. The first kappa shape index (κ1) is 22.2. The third kappa shape index (κ3) is 4.46. The molecule has 0 spiro atoms. The second kappa shape index (κ2) is 9.34. The summed E-state index contributed by atoms with van der Waals surface area (Å²) in [5.41, 5.74) is 3.92. The highest BCUT2D eigenvalue weighted by Crippen LogP contribution is 2.35. The quantitative estimate of drug-likeness (QED) is 0.446. The summed E-state index contributed by atoms with van der Waals surface area (Å²) in [5.74, 6) is 1.09. The normalized spacial score (nSPS) is 12.2. The predicted octanol–water partition coefficient (Wildman–Crippen LogP) is 5.13. The summed E-state index contributed by atoms with van der Waals surface area (Å²) in [4.78, 5) is 31.2. The summed E-state index contributed by atoms with van der Waals surface area (Å²) < 4.78 is 16.1. The standard InChI is InChI=1S/C27H23N3O5/c1-30(27(32)33-2)19-10-8-18(9-11-19)28-26(31)21-16-23(29-22-6-4-3-5-20(21)22)17-7-12-24-25(15-17)35-14-13-34-24/h3-12,15-16H,13-14H2,1-2H3,(H,28,31). The van der Waals surface area contributed by atoms with Gasteiger partial charge < -0.3 is 19.5 Å². The number of hydrogen-bond acceptors (Lipinski definition) is 6. The van der Waals surface area contributed by atoms with Crippen molar-refractivity contribution in [3.8, 4) is 22.8 Å². The summed E-state index contributed by atoms with van der Waals surface area (Å²) in [6.45, 7) is 1.01. The number of fused-ring (bicyclic) bond motifs is 2. The van der Waals surface area contributed by atoms with Crippen LogP contribution in [0, 0.1) is 0 Å². The van der Waals surface area contributed by atoms with E-state index in [0.717, 1.165) is 10.9 Å². The lowest BCUT2D eigenvalue weighted by atomic mass is 10.0. The first-order valence-electron chi connectivity index (χ1n) is 11.1. The largest absolute Gasteiger partial charge is 0.486 e. The van der Waals surface area contributed by atoms with Gasteiger partial charge in [0.15, 0.2) is 11.5 Å². The second-order valence-corrected chi connectivity index (χ2v) is 7.96. The minimum atomic E-state index is -0.475. The van der Waals surface area contributed by atoms with Crippen LogP contribution < -0.4 is 19.7 Å². The van der Waals surface area contributed by atoms with Crippen molar-refractivity contribution in [1.82, 2.24) is 4.98 Å². The molecule has 0 radical (unpaired) electrons. The van der Waals surface area contributed by atoms with Gasteiger partial charge in [0.2, 0.25) is 0 Å². The Kier molecular flexibility index (Phi) is 5.93. The van der Waals surface area contributed by atoms with Crippen molar-refractivity contribution in [2.75, 3.05) is 37.6 Å². The van der Waals surface area contributed by atoms with Gasteiger partial charge in [-0.05, 0) is 54.6 Å². The van der Waals surface area contributed by atoms with Gasteiger partial charge in [-0.1, -0.05) is 18.2 Å². The van der Waals surface area contributed by atoms with E-state index in [1.807, 2.05) is 42.5 Å². The fraction of sp³-hybridized carbons (Fsp3) is 0.148. The number of carbonyl (C=O) groups excluding carboxylic acids is 2. The first-order chi connectivity index (χ1) is 17.0. The Labute approximate surface area is 202 Å². The van der Waals surface area contributed by atoms with Gasteiger partial charge in [-0.2, -0.15) is 0 Å². The minimum absolute atomic E-state index is 0.267. The molecule has 1 aliphatic heterocycles. The van der Waals surface area contributed by atoms with E-state index in [0.29, 0.717) is 52.9 Å². The molecule has 0 fully saturated rings. The molecule has 2 heterocycles. The van der Waals surface area contributed by atoms with E-state index >= 15 is 0 Å². The van der Waals surface area contributed by atoms with Crippen LogP contribution in [0.15, 0.2) is 72.8 Å². The summed E-state index contributed by atoms with van der Waals surface area (Å²) in [5, 5.41) is 3.69. The van der Waals surface area contributed by atoms with Crippen LogP contribution in [-0.4, -0.2) is 44.4 Å². The van der Waals surface area contributed by atoms with Gasteiger partial charge in [0, 0.05) is 29.4 Å². The lowest BCUT2D eigenvalue weighted by molar-refractivity contribution is 0.102. The Morgan fingerprint density at radius 1 is 0.943 bits per heavy atom. The van der Waals surface area contributed by atoms with Crippen LogP contribution in [0.2, 0.25) is 0 Å². The van der Waals surface area contributed by atoms with Gasteiger partial charge in [-0.25, -0.2) is 9.78 Å². The van der Waals surface area contributed by atoms with E-state index in [1.165, 1.54) is 12.0 Å². The second-order valence-electron chi connectivity index (χ2n) is 7.96. The molecular weight excluding hydrogens is 446 g/mol. The molecule has 4 aromatic rings. The number of rotatable bonds is 4. The average molecular weight is 469 g/mol. The summed E-state index contributed by atoms with van der Waals surface area (Å²) in [6, 6.07) is 21.9. The Hall–Kier alpha value is -4.59. The molecule has 8 heteroatoms. The molecule has 5 rings (SSSR count). The summed E-state index contributed by atoms with van der Waals surface area (Å²) >= 11 is 0. The number of aromatic nitrogens is 1. The van der Waals surface area contributed by atoms with Gasteiger partial charge in [-0.3, -0.25) is 9.69 Å². The molecule has 0 bridgehead atoms. The summed E-state index contributed by atoms with van der Waals surface area (Å²) in [7, 11) is 2.94. The zero-order valence-corrected chi connectivity index (χ0v) is 19.3. The maximum Gasteiger partial charge on any atom is 0.413 e. The molecule has 0 saturated heterocycles. The molecule has 0 saturated carbocycles. The molecule has 1 N–H and O–H groups in total. The van der Waals surface area contributed by atoms with Crippen molar-refractivity contribution in [2.45, 2.75) is 0 Å². The van der Waals surface area contributed by atoms with Crippen LogP contribution in [0.4, 0.5) is 16.2 Å². The highest BCUT2D eigenvalue weighted by Gasteiger charge is 2.17. The number of para-hydroxylation sites is 1. The number of benzene rings is 3. The van der Waals surface area contributed by atoms with Crippen molar-refractivity contribution < 1.29 is 23.8 Å². The Morgan fingerprint density at radius 3 is 2.46 bits per heavy atom. The topological polar surface area (TPSA) is 90.0 Å². The molecule has 3 aromatic carbocycles.